The van der Waals surface area contributed by atoms with E-state index in [1.807, 2.05) is 18.2 Å². The smallest absolute Gasteiger partial charge is 0.174 e. The molecular weight excluding hydrogens is 318 g/mol. The minimum absolute atomic E-state index is 0.0756. The standard InChI is InChI=1S/C20H17NO4/c21-18-15(25-11-6-2-1-3-7-11)10-14(22)16-17(18)20(24)13-9-5-4-8-12(13)19(16)23/h1-10,12-13,20,22,24H,21H2. The molecule has 0 bridgehead atoms. The maximum atomic E-state index is 12.8. The van der Waals surface area contributed by atoms with Gasteiger partial charge in [0.1, 0.15) is 11.5 Å². The number of benzene rings is 2. The van der Waals surface area contributed by atoms with Gasteiger partial charge in [-0.2, -0.15) is 0 Å². The Hall–Kier alpha value is -3.05. The van der Waals surface area contributed by atoms with E-state index >= 15 is 0 Å². The average Bonchev–Trinajstić information content (AvgIpc) is 2.63. The number of ketones is 1. The highest BCUT2D eigenvalue weighted by atomic mass is 16.5. The summed E-state index contributed by atoms with van der Waals surface area (Å²) in [5.74, 6) is -0.633. The second-order valence-electron chi connectivity index (χ2n) is 6.19. The van der Waals surface area contributed by atoms with Crippen molar-refractivity contribution in [3.8, 4) is 17.2 Å². The maximum absolute atomic E-state index is 12.8. The number of allylic oxidation sites excluding steroid dienone is 3. The molecule has 2 aliphatic carbocycles. The normalized spacial score (nSPS) is 23.9. The first kappa shape index (κ1) is 15.5. The lowest BCUT2D eigenvalue weighted by atomic mass is 9.70. The van der Waals surface area contributed by atoms with Crippen molar-refractivity contribution in [2.75, 3.05) is 5.73 Å². The highest BCUT2D eigenvalue weighted by Gasteiger charge is 2.43. The van der Waals surface area contributed by atoms with Crippen molar-refractivity contribution in [3.63, 3.8) is 0 Å². The van der Waals surface area contributed by atoms with Crippen LogP contribution in [0.3, 0.4) is 0 Å². The molecule has 2 aliphatic rings. The van der Waals surface area contributed by atoms with E-state index in [9.17, 15) is 15.0 Å². The number of para-hydroxylation sites is 1. The fraction of sp³-hybridized carbons (Fsp3) is 0.150. The summed E-state index contributed by atoms with van der Waals surface area (Å²) in [6, 6.07) is 10.3. The van der Waals surface area contributed by atoms with Crippen molar-refractivity contribution in [3.05, 3.63) is 71.8 Å². The molecule has 0 heterocycles. The molecule has 0 saturated carbocycles. The number of Topliss-reactive ketones (excluding diaryl/α,β-unsaturated/α-hetero) is 1. The molecule has 2 aromatic rings. The van der Waals surface area contributed by atoms with Gasteiger partial charge in [-0.25, -0.2) is 0 Å². The lowest BCUT2D eigenvalue weighted by molar-refractivity contribution is 0.0683. The average molecular weight is 335 g/mol. The lowest BCUT2D eigenvalue weighted by Crippen LogP contribution is -2.34. The molecular formula is C20H17NO4. The first-order chi connectivity index (χ1) is 12.1. The lowest BCUT2D eigenvalue weighted by Gasteiger charge is -2.35. The fourth-order valence-corrected chi connectivity index (χ4v) is 3.49. The Morgan fingerprint density at radius 3 is 2.56 bits per heavy atom. The van der Waals surface area contributed by atoms with E-state index < -0.39 is 17.9 Å². The number of anilines is 1. The molecule has 4 N–H and O–H groups in total. The molecule has 3 atom stereocenters. The SMILES string of the molecule is Nc1c(Oc2ccccc2)cc(O)c2c1C(O)C1C=CC=CC1C2=O. The van der Waals surface area contributed by atoms with E-state index in [4.69, 9.17) is 10.5 Å². The molecule has 0 aromatic heterocycles. The van der Waals surface area contributed by atoms with Crippen LogP contribution >= 0.6 is 0 Å². The summed E-state index contributed by atoms with van der Waals surface area (Å²) < 4.78 is 5.74. The molecule has 0 fully saturated rings. The Bertz CT molecular complexity index is 902. The van der Waals surface area contributed by atoms with Gasteiger partial charge >= 0.3 is 0 Å². The van der Waals surface area contributed by atoms with Crippen molar-refractivity contribution >= 4 is 11.5 Å². The number of nitrogens with two attached hydrogens (primary N) is 1. The maximum Gasteiger partial charge on any atom is 0.174 e. The monoisotopic (exact) mass is 335 g/mol. The molecule has 0 aliphatic heterocycles. The second-order valence-corrected chi connectivity index (χ2v) is 6.19. The first-order valence-corrected chi connectivity index (χ1v) is 8.03. The van der Waals surface area contributed by atoms with Crippen LogP contribution in [0.1, 0.15) is 22.0 Å². The summed E-state index contributed by atoms with van der Waals surface area (Å²) in [6.07, 6.45) is 6.09. The quantitative estimate of drug-likeness (QED) is 0.578. The molecule has 0 radical (unpaired) electrons. The first-order valence-electron chi connectivity index (χ1n) is 8.03. The zero-order valence-electron chi connectivity index (χ0n) is 13.3. The largest absolute Gasteiger partial charge is 0.507 e. The third-order valence-electron chi connectivity index (χ3n) is 4.71. The van der Waals surface area contributed by atoms with Gasteiger partial charge < -0.3 is 20.7 Å². The van der Waals surface area contributed by atoms with Crippen LogP contribution in [0.15, 0.2) is 60.7 Å². The van der Waals surface area contributed by atoms with E-state index in [2.05, 4.69) is 0 Å². The number of aliphatic hydroxyl groups excluding tert-OH is 1. The number of rotatable bonds is 2. The highest BCUT2D eigenvalue weighted by Crippen LogP contribution is 2.49. The number of ether oxygens (including phenoxy) is 1. The predicted octanol–water partition coefficient (Wildman–Crippen LogP) is 3.35. The van der Waals surface area contributed by atoms with E-state index in [0.717, 1.165) is 0 Å². The summed E-state index contributed by atoms with van der Waals surface area (Å²) >= 11 is 0. The Morgan fingerprint density at radius 2 is 1.80 bits per heavy atom. The van der Waals surface area contributed by atoms with Crippen molar-refractivity contribution < 1.29 is 19.7 Å². The summed E-state index contributed by atoms with van der Waals surface area (Å²) in [5, 5.41) is 21.2. The van der Waals surface area contributed by atoms with Crippen LogP contribution in [0.4, 0.5) is 5.69 Å². The third-order valence-corrected chi connectivity index (χ3v) is 4.71. The van der Waals surface area contributed by atoms with Crippen LogP contribution in [-0.2, 0) is 0 Å². The number of aromatic hydroxyl groups is 1. The van der Waals surface area contributed by atoms with Crippen LogP contribution in [0, 0.1) is 11.8 Å². The van der Waals surface area contributed by atoms with Gasteiger partial charge in [0, 0.05) is 23.5 Å². The van der Waals surface area contributed by atoms with Gasteiger partial charge in [-0.1, -0.05) is 42.5 Å². The van der Waals surface area contributed by atoms with Crippen molar-refractivity contribution in [2.24, 2.45) is 11.8 Å². The van der Waals surface area contributed by atoms with Crippen LogP contribution in [0.25, 0.3) is 0 Å². The van der Waals surface area contributed by atoms with Crippen LogP contribution < -0.4 is 10.5 Å². The molecule has 0 amide bonds. The number of hydrogen-bond acceptors (Lipinski definition) is 5. The minimum atomic E-state index is -0.996. The van der Waals surface area contributed by atoms with Crippen LogP contribution in [0.2, 0.25) is 0 Å². The Morgan fingerprint density at radius 1 is 1.08 bits per heavy atom. The number of aliphatic hydroxyl groups is 1. The zero-order chi connectivity index (χ0) is 17.6. The fourth-order valence-electron chi connectivity index (χ4n) is 3.49. The van der Waals surface area contributed by atoms with E-state index in [-0.39, 0.29) is 34.1 Å². The number of hydrogen-bond donors (Lipinski definition) is 3. The number of phenols is 1. The molecule has 5 heteroatoms. The Balaban J connectivity index is 1.84. The summed E-state index contributed by atoms with van der Waals surface area (Å²) in [5.41, 5.74) is 6.68. The van der Waals surface area contributed by atoms with Crippen molar-refractivity contribution in [1.29, 1.82) is 0 Å². The molecule has 2 aromatic carbocycles. The number of fused-ring (bicyclic) bond motifs is 2. The molecule has 25 heavy (non-hydrogen) atoms. The van der Waals surface area contributed by atoms with Crippen LogP contribution in [-0.4, -0.2) is 16.0 Å². The Labute approximate surface area is 144 Å². The third kappa shape index (κ3) is 2.40. The van der Waals surface area contributed by atoms with Gasteiger partial charge in [0.25, 0.3) is 0 Å². The van der Waals surface area contributed by atoms with Gasteiger partial charge in [-0.3, -0.25) is 4.79 Å². The van der Waals surface area contributed by atoms with Gasteiger partial charge in [-0.05, 0) is 12.1 Å². The second kappa shape index (κ2) is 5.79. The van der Waals surface area contributed by atoms with Crippen molar-refractivity contribution in [2.45, 2.75) is 6.10 Å². The van der Waals surface area contributed by atoms with Gasteiger partial charge in [0.15, 0.2) is 11.5 Å². The van der Waals surface area contributed by atoms with Crippen LogP contribution in [0.5, 0.6) is 17.2 Å². The van der Waals surface area contributed by atoms with E-state index in [0.29, 0.717) is 5.75 Å². The van der Waals surface area contributed by atoms with Gasteiger partial charge in [0.2, 0.25) is 0 Å². The predicted molar refractivity (Wildman–Crippen MR) is 93.6 cm³/mol. The number of phenolic OH excluding ortho intramolecular Hbond substituents is 1. The number of carbonyl (C=O) groups is 1. The molecule has 3 unspecified atom stereocenters. The molecule has 4 rings (SSSR count). The molecule has 0 saturated heterocycles. The minimum Gasteiger partial charge on any atom is -0.507 e. The summed E-state index contributed by atoms with van der Waals surface area (Å²) in [6.45, 7) is 0. The Kier molecular flexibility index (Phi) is 3.58. The zero-order valence-corrected chi connectivity index (χ0v) is 13.3. The topological polar surface area (TPSA) is 92.8 Å². The van der Waals surface area contributed by atoms with E-state index in [1.54, 1.807) is 36.4 Å². The molecule has 0 spiro atoms. The summed E-state index contributed by atoms with van der Waals surface area (Å²) in [7, 11) is 0. The van der Waals surface area contributed by atoms with Gasteiger partial charge in [-0.15, -0.1) is 0 Å². The molecule has 126 valence electrons. The number of nitrogen functional groups attached to an aromatic ring is 1. The number of carbonyl (C=O) groups excluding carboxylic acids is 1. The van der Waals surface area contributed by atoms with Crippen molar-refractivity contribution in [1.82, 2.24) is 0 Å². The molecule has 5 nitrogen and oxygen atoms in total. The summed E-state index contributed by atoms with van der Waals surface area (Å²) in [4.78, 5) is 12.8. The van der Waals surface area contributed by atoms with E-state index in [1.165, 1.54) is 6.07 Å². The highest BCUT2D eigenvalue weighted by molar-refractivity contribution is 6.06. The van der Waals surface area contributed by atoms with Gasteiger partial charge in [0.05, 0.1) is 17.4 Å².